The van der Waals surface area contributed by atoms with Crippen molar-refractivity contribution in [1.82, 2.24) is 0 Å². The van der Waals surface area contributed by atoms with Crippen LogP contribution in [-0.2, 0) is 22.4 Å². The molecule has 2 aliphatic rings. The molecule has 1 aromatic carbocycles. The number of rotatable bonds is 5. The third kappa shape index (κ3) is 3.19. The molecular weight excluding hydrogens is 290 g/mol. The van der Waals surface area contributed by atoms with Crippen LogP contribution in [0.25, 0.3) is 0 Å². The van der Waals surface area contributed by atoms with Gasteiger partial charge in [-0.2, -0.15) is 0 Å². The van der Waals surface area contributed by atoms with E-state index in [4.69, 9.17) is 5.73 Å². The van der Waals surface area contributed by atoms with Crippen molar-refractivity contribution in [3.05, 3.63) is 23.3 Å². The quantitative estimate of drug-likeness (QED) is 0.876. The van der Waals surface area contributed by atoms with E-state index < -0.39 is 0 Å². The lowest BCUT2D eigenvalue weighted by Gasteiger charge is -2.36. The number of anilines is 2. The number of hydrogen-bond donors (Lipinski definition) is 2. The number of aryl methyl sites for hydroxylation is 2. The van der Waals surface area contributed by atoms with Gasteiger partial charge in [0.2, 0.25) is 11.8 Å². The molecule has 0 spiro atoms. The molecule has 1 unspecified atom stereocenters. The highest BCUT2D eigenvalue weighted by Crippen LogP contribution is 2.37. The summed E-state index contributed by atoms with van der Waals surface area (Å²) >= 11 is 0. The highest BCUT2D eigenvalue weighted by molar-refractivity contribution is 6.05. The molecule has 23 heavy (non-hydrogen) atoms. The molecule has 1 atom stereocenters. The van der Waals surface area contributed by atoms with Gasteiger partial charge in [-0.05, 0) is 61.8 Å². The molecule has 3 rings (SSSR count). The van der Waals surface area contributed by atoms with Crippen LogP contribution in [0.3, 0.4) is 0 Å². The molecule has 0 saturated heterocycles. The monoisotopic (exact) mass is 315 g/mol. The van der Waals surface area contributed by atoms with Gasteiger partial charge in [-0.25, -0.2) is 0 Å². The summed E-state index contributed by atoms with van der Waals surface area (Å²) in [5.74, 6) is -0.217. The Kier molecular flexibility index (Phi) is 4.55. The van der Waals surface area contributed by atoms with E-state index in [-0.39, 0.29) is 17.9 Å². The van der Waals surface area contributed by atoms with Gasteiger partial charge in [-0.3, -0.25) is 9.59 Å². The van der Waals surface area contributed by atoms with Gasteiger partial charge in [0.1, 0.15) is 6.04 Å². The summed E-state index contributed by atoms with van der Waals surface area (Å²) in [6.07, 6.45) is 6.33. The van der Waals surface area contributed by atoms with Crippen LogP contribution in [0, 0.1) is 0 Å². The van der Waals surface area contributed by atoms with Crippen LogP contribution in [0.2, 0.25) is 0 Å². The number of amides is 2. The third-order valence-corrected chi connectivity index (χ3v) is 4.86. The Hall–Kier alpha value is -2.04. The zero-order chi connectivity index (χ0) is 16.4. The second-order valence-corrected chi connectivity index (χ2v) is 6.51. The maximum Gasteiger partial charge on any atom is 0.249 e. The van der Waals surface area contributed by atoms with Gasteiger partial charge in [-0.1, -0.05) is 6.92 Å². The summed E-state index contributed by atoms with van der Waals surface area (Å²) in [5, 5.41) is 3.39. The van der Waals surface area contributed by atoms with Crippen LogP contribution in [0.1, 0.15) is 50.2 Å². The van der Waals surface area contributed by atoms with Gasteiger partial charge >= 0.3 is 0 Å². The Bertz CT molecular complexity index is 627. The standard InChI is InChI=1S/C18H25N3O2/c1-2-14-18(23)21(9-5-8-17(19)22)16-11-13-7-4-3-6-12(13)10-15(16)20-14/h10-11,14,20H,2-9H2,1H3,(H2,19,22). The first kappa shape index (κ1) is 15.8. The van der Waals surface area contributed by atoms with E-state index in [1.165, 1.54) is 24.0 Å². The van der Waals surface area contributed by atoms with Crippen LogP contribution in [0.15, 0.2) is 12.1 Å². The fourth-order valence-electron chi connectivity index (χ4n) is 3.59. The van der Waals surface area contributed by atoms with Crippen LogP contribution in [0.4, 0.5) is 11.4 Å². The van der Waals surface area contributed by atoms with E-state index in [0.29, 0.717) is 19.4 Å². The van der Waals surface area contributed by atoms with Gasteiger partial charge in [-0.15, -0.1) is 0 Å². The first-order valence-electron chi connectivity index (χ1n) is 8.62. The fourth-order valence-corrected chi connectivity index (χ4v) is 3.59. The number of carbonyl (C=O) groups excluding carboxylic acids is 2. The molecule has 2 amide bonds. The smallest absolute Gasteiger partial charge is 0.249 e. The number of fused-ring (bicyclic) bond motifs is 2. The summed E-state index contributed by atoms with van der Waals surface area (Å²) in [4.78, 5) is 25.5. The van der Waals surface area contributed by atoms with Crippen molar-refractivity contribution in [1.29, 1.82) is 0 Å². The predicted octanol–water partition coefficient (Wildman–Crippen LogP) is 2.37. The average molecular weight is 315 g/mol. The molecule has 5 nitrogen and oxygen atoms in total. The topological polar surface area (TPSA) is 75.4 Å². The van der Waals surface area contributed by atoms with Gasteiger partial charge in [0.05, 0.1) is 11.4 Å². The van der Waals surface area contributed by atoms with Crippen molar-refractivity contribution in [2.24, 2.45) is 5.73 Å². The Morgan fingerprint density at radius 3 is 2.65 bits per heavy atom. The molecule has 0 bridgehead atoms. The maximum absolute atomic E-state index is 12.7. The fraction of sp³-hybridized carbons (Fsp3) is 0.556. The second kappa shape index (κ2) is 6.60. The Labute approximate surface area is 137 Å². The molecule has 124 valence electrons. The van der Waals surface area contributed by atoms with Crippen molar-refractivity contribution < 1.29 is 9.59 Å². The van der Waals surface area contributed by atoms with E-state index in [1.807, 2.05) is 11.8 Å². The predicted molar refractivity (Wildman–Crippen MR) is 91.6 cm³/mol. The first-order chi connectivity index (χ1) is 11.1. The van der Waals surface area contributed by atoms with Gasteiger partial charge < -0.3 is 16.0 Å². The summed E-state index contributed by atoms with van der Waals surface area (Å²) in [7, 11) is 0. The molecule has 1 aliphatic carbocycles. The number of carbonyl (C=O) groups is 2. The van der Waals surface area contributed by atoms with Gasteiger partial charge in [0.15, 0.2) is 0 Å². The number of nitrogens with two attached hydrogens (primary N) is 1. The number of benzene rings is 1. The molecule has 1 aromatic rings. The van der Waals surface area contributed by atoms with Crippen LogP contribution in [-0.4, -0.2) is 24.4 Å². The molecule has 5 heteroatoms. The zero-order valence-corrected chi connectivity index (χ0v) is 13.7. The second-order valence-electron chi connectivity index (χ2n) is 6.51. The number of nitrogens with zero attached hydrogens (tertiary/aromatic N) is 1. The minimum Gasteiger partial charge on any atom is -0.372 e. The molecule has 1 heterocycles. The van der Waals surface area contributed by atoms with E-state index in [1.54, 1.807) is 0 Å². The van der Waals surface area contributed by atoms with Crippen molar-refractivity contribution in [3.63, 3.8) is 0 Å². The lowest BCUT2D eigenvalue weighted by atomic mass is 9.89. The van der Waals surface area contributed by atoms with E-state index in [2.05, 4.69) is 17.4 Å². The lowest BCUT2D eigenvalue weighted by Crippen LogP contribution is -2.47. The minimum atomic E-state index is -0.315. The van der Waals surface area contributed by atoms with Crippen LogP contribution in [0.5, 0.6) is 0 Å². The zero-order valence-electron chi connectivity index (χ0n) is 13.7. The molecule has 0 saturated carbocycles. The van der Waals surface area contributed by atoms with Gasteiger partial charge in [0, 0.05) is 13.0 Å². The highest BCUT2D eigenvalue weighted by atomic mass is 16.2. The van der Waals surface area contributed by atoms with Crippen molar-refractivity contribution in [2.75, 3.05) is 16.8 Å². The number of hydrogen-bond acceptors (Lipinski definition) is 3. The van der Waals surface area contributed by atoms with Crippen molar-refractivity contribution >= 4 is 23.2 Å². The van der Waals surface area contributed by atoms with Crippen LogP contribution < -0.4 is 16.0 Å². The minimum absolute atomic E-state index is 0.0974. The Morgan fingerprint density at radius 2 is 2.00 bits per heavy atom. The van der Waals surface area contributed by atoms with Crippen molar-refractivity contribution in [2.45, 2.75) is 57.9 Å². The SMILES string of the molecule is CCC1Nc2cc3c(cc2N(CCCC(N)=O)C1=O)CCCC3. The molecule has 1 aliphatic heterocycles. The Balaban J connectivity index is 1.91. The van der Waals surface area contributed by atoms with Crippen LogP contribution >= 0.6 is 0 Å². The third-order valence-electron chi connectivity index (χ3n) is 4.86. The maximum atomic E-state index is 12.7. The summed E-state index contributed by atoms with van der Waals surface area (Å²) in [6, 6.07) is 4.21. The van der Waals surface area contributed by atoms with E-state index in [0.717, 1.165) is 30.6 Å². The average Bonchev–Trinajstić information content (AvgIpc) is 2.54. The number of nitrogens with one attached hydrogen (secondary N) is 1. The molecule has 0 aromatic heterocycles. The largest absolute Gasteiger partial charge is 0.372 e. The molecule has 3 N–H and O–H groups in total. The summed E-state index contributed by atoms with van der Waals surface area (Å²) in [5.41, 5.74) is 10.0. The molecule has 0 fully saturated rings. The summed E-state index contributed by atoms with van der Waals surface area (Å²) in [6.45, 7) is 2.56. The first-order valence-corrected chi connectivity index (χ1v) is 8.62. The Morgan fingerprint density at radius 1 is 1.30 bits per heavy atom. The molecular formula is C18H25N3O2. The normalized spacial score (nSPS) is 19.8. The number of primary amides is 1. The van der Waals surface area contributed by atoms with Gasteiger partial charge in [0.25, 0.3) is 0 Å². The van der Waals surface area contributed by atoms with Crippen molar-refractivity contribution in [3.8, 4) is 0 Å². The highest BCUT2D eigenvalue weighted by Gasteiger charge is 2.32. The molecule has 0 radical (unpaired) electrons. The van der Waals surface area contributed by atoms with E-state index >= 15 is 0 Å². The van der Waals surface area contributed by atoms with E-state index in [9.17, 15) is 9.59 Å². The summed E-state index contributed by atoms with van der Waals surface area (Å²) < 4.78 is 0. The lowest BCUT2D eigenvalue weighted by molar-refractivity contribution is -0.120.